The molecular weight excluding hydrogens is 390 g/mol. The molecule has 1 atom stereocenters. The van der Waals surface area contributed by atoms with Crippen LogP contribution >= 0.6 is 22.9 Å². The van der Waals surface area contributed by atoms with Gasteiger partial charge in [-0.15, -0.1) is 11.3 Å². The van der Waals surface area contributed by atoms with E-state index in [0.717, 1.165) is 57.3 Å². The van der Waals surface area contributed by atoms with Crippen molar-refractivity contribution in [3.8, 4) is 0 Å². The summed E-state index contributed by atoms with van der Waals surface area (Å²) in [5, 5.41) is 2.10. The van der Waals surface area contributed by atoms with Crippen LogP contribution in [0.4, 0.5) is 0 Å². The molecule has 28 heavy (non-hydrogen) atoms. The molecule has 0 saturated carbocycles. The molecule has 1 amide bonds. The van der Waals surface area contributed by atoms with E-state index in [9.17, 15) is 4.79 Å². The number of likely N-dealkylation sites (tertiary alicyclic amines) is 1. The number of thiophene rings is 1. The van der Waals surface area contributed by atoms with Crippen LogP contribution in [0.5, 0.6) is 0 Å². The quantitative estimate of drug-likeness (QED) is 0.722. The van der Waals surface area contributed by atoms with Crippen molar-refractivity contribution in [2.75, 3.05) is 46.3 Å². The van der Waals surface area contributed by atoms with Crippen molar-refractivity contribution < 1.29 is 4.79 Å². The largest absolute Gasteiger partial charge is 0.340 e. The van der Waals surface area contributed by atoms with Crippen molar-refractivity contribution in [3.05, 3.63) is 34.2 Å². The van der Waals surface area contributed by atoms with Gasteiger partial charge in [-0.1, -0.05) is 29.8 Å². The first-order valence-corrected chi connectivity index (χ1v) is 11.6. The fourth-order valence-electron chi connectivity index (χ4n) is 4.44. The highest BCUT2D eigenvalue weighted by Gasteiger charge is 2.24. The summed E-state index contributed by atoms with van der Waals surface area (Å²) in [6.45, 7) is 6.92. The van der Waals surface area contributed by atoms with Crippen molar-refractivity contribution in [3.63, 3.8) is 0 Å². The van der Waals surface area contributed by atoms with Crippen LogP contribution in [0.15, 0.2) is 24.3 Å². The van der Waals surface area contributed by atoms with Gasteiger partial charge in [-0.05, 0) is 44.8 Å². The Bertz CT molecular complexity index is 815. The molecule has 4 nitrogen and oxygen atoms in total. The van der Waals surface area contributed by atoms with Gasteiger partial charge in [0.05, 0.1) is 5.02 Å². The number of piperidine rings is 1. The lowest BCUT2D eigenvalue weighted by atomic mass is 9.93. The number of carbonyl (C=O) groups excluding carboxylic acids is 1. The number of rotatable bonds is 5. The zero-order valence-corrected chi connectivity index (χ0v) is 18.3. The fourth-order valence-corrected chi connectivity index (χ4v) is 5.98. The molecule has 0 spiro atoms. The molecule has 2 aliphatic heterocycles. The molecule has 3 heterocycles. The lowest BCUT2D eigenvalue weighted by Crippen LogP contribution is -2.47. The van der Waals surface area contributed by atoms with Crippen molar-refractivity contribution in [2.45, 2.75) is 32.2 Å². The lowest BCUT2D eigenvalue weighted by Gasteiger charge is -2.34. The van der Waals surface area contributed by atoms with Crippen LogP contribution in [-0.2, 0) is 11.3 Å². The smallest absolute Gasteiger partial charge is 0.222 e. The Labute approximate surface area is 177 Å². The summed E-state index contributed by atoms with van der Waals surface area (Å²) in [7, 11) is 2.13. The van der Waals surface area contributed by atoms with Gasteiger partial charge in [-0.25, -0.2) is 0 Å². The maximum Gasteiger partial charge on any atom is 0.222 e. The second-order valence-corrected chi connectivity index (χ2v) is 9.82. The second-order valence-electron chi connectivity index (χ2n) is 8.30. The molecule has 0 aliphatic carbocycles. The number of nitrogens with zero attached hydrogens (tertiary/aromatic N) is 3. The van der Waals surface area contributed by atoms with E-state index >= 15 is 0 Å². The Kier molecular flexibility index (Phi) is 6.56. The number of likely N-dealkylation sites (N-methyl/N-ethyl adjacent to an activating group) is 1. The second kappa shape index (κ2) is 9.12. The average molecular weight is 420 g/mol. The molecule has 0 unspecified atom stereocenters. The zero-order valence-electron chi connectivity index (χ0n) is 16.7. The van der Waals surface area contributed by atoms with E-state index in [-0.39, 0.29) is 0 Å². The molecule has 152 valence electrons. The molecule has 2 fully saturated rings. The molecule has 4 rings (SSSR count). The third-order valence-electron chi connectivity index (χ3n) is 6.19. The van der Waals surface area contributed by atoms with Crippen LogP contribution in [0, 0.1) is 5.92 Å². The van der Waals surface area contributed by atoms with Crippen LogP contribution in [0.2, 0.25) is 5.02 Å². The first-order chi connectivity index (χ1) is 13.6. The molecule has 2 aromatic rings. The summed E-state index contributed by atoms with van der Waals surface area (Å²) >= 11 is 8.46. The molecule has 0 radical (unpaired) electrons. The van der Waals surface area contributed by atoms with Crippen molar-refractivity contribution in [1.82, 2.24) is 14.7 Å². The Morgan fingerprint density at radius 3 is 2.75 bits per heavy atom. The Balaban J connectivity index is 1.29. The third-order valence-corrected chi connectivity index (χ3v) is 7.89. The first kappa shape index (κ1) is 20.1. The van der Waals surface area contributed by atoms with E-state index in [4.69, 9.17) is 11.6 Å². The summed E-state index contributed by atoms with van der Waals surface area (Å²) < 4.78 is 1.27. The number of amides is 1. The van der Waals surface area contributed by atoms with Crippen LogP contribution in [0.1, 0.15) is 30.6 Å². The van der Waals surface area contributed by atoms with Gasteiger partial charge in [0.2, 0.25) is 5.91 Å². The number of fused-ring (bicyclic) bond motifs is 1. The monoisotopic (exact) mass is 419 g/mol. The van der Waals surface area contributed by atoms with Gasteiger partial charge in [0, 0.05) is 60.7 Å². The predicted molar refractivity (Wildman–Crippen MR) is 118 cm³/mol. The number of benzene rings is 1. The highest BCUT2D eigenvalue weighted by atomic mass is 35.5. The van der Waals surface area contributed by atoms with E-state index < -0.39 is 0 Å². The molecule has 0 bridgehead atoms. The van der Waals surface area contributed by atoms with Gasteiger partial charge in [0.1, 0.15) is 0 Å². The summed E-state index contributed by atoms with van der Waals surface area (Å²) in [5.74, 6) is 0.969. The van der Waals surface area contributed by atoms with Crippen LogP contribution in [0.25, 0.3) is 10.1 Å². The molecule has 2 saturated heterocycles. The van der Waals surface area contributed by atoms with Gasteiger partial charge >= 0.3 is 0 Å². The minimum atomic E-state index is 0.345. The predicted octanol–water partition coefficient (Wildman–Crippen LogP) is 4.32. The van der Waals surface area contributed by atoms with Gasteiger partial charge in [-0.3, -0.25) is 9.69 Å². The van der Waals surface area contributed by atoms with Crippen LogP contribution < -0.4 is 0 Å². The SMILES string of the molecule is CN1CCN(C(=O)CC[C@H]2CCCN(Cc3sc4ccccc4c3Cl)C2)CC1. The molecule has 1 aromatic carbocycles. The normalized spacial score (nSPS) is 22.1. The maximum absolute atomic E-state index is 12.5. The number of carbonyl (C=O) groups is 1. The van der Waals surface area contributed by atoms with Crippen molar-refractivity contribution in [2.24, 2.45) is 5.92 Å². The van der Waals surface area contributed by atoms with Crippen molar-refractivity contribution in [1.29, 1.82) is 0 Å². The van der Waals surface area contributed by atoms with E-state index in [1.54, 1.807) is 0 Å². The third kappa shape index (κ3) is 4.70. The number of hydrogen-bond acceptors (Lipinski definition) is 4. The van der Waals surface area contributed by atoms with E-state index in [1.807, 2.05) is 11.3 Å². The first-order valence-electron chi connectivity index (χ1n) is 10.4. The van der Waals surface area contributed by atoms with Gasteiger partial charge in [0.15, 0.2) is 0 Å². The summed E-state index contributed by atoms with van der Waals surface area (Å²) in [4.78, 5) is 20.7. The number of piperazine rings is 1. The van der Waals surface area contributed by atoms with E-state index in [1.165, 1.54) is 27.8 Å². The molecule has 0 N–H and O–H groups in total. The Morgan fingerprint density at radius 1 is 1.18 bits per heavy atom. The minimum absolute atomic E-state index is 0.345. The summed E-state index contributed by atoms with van der Waals surface area (Å²) in [6.07, 6.45) is 4.18. The van der Waals surface area contributed by atoms with E-state index in [0.29, 0.717) is 18.2 Å². The summed E-state index contributed by atoms with van der Waals surface area (Å²) in [6, 6.07) is 8.39. The van der Waals surface area contributed by atoms with Gasteiger partial charge in [0.25, 0.3) is 0 Å². The minimum Gasteiger partial charge on any atom is -0.340 e. The zero-order chi connectivity index (χ0) is 19.5. The van der Waals surface area contributed by atoms with Gasteiger partial charge in [-0.2, -0.15) is 0 Å². The Morgan fingerprint density at radius 2 is 1.96 bits per heavy atom. The highest BCUT2D eigenvalue weighted by Crippen LogP contribution is 2.36. The highest BCUT2D eigenvalue weighted by molar-refractivity contribution is 7.19. The Hall–Kier alpha value is -1.14. The molecule has 2 aliphatic rings. The molecule has 1 aromatic heterocycles. The fraction of sp³-hybridized carbons (Fsp3) is 0.591. The van der Waals surface area contributed by atoms with Crippen LogP contribution in [0.3, 0.4) is 0 Å². The van der Waals surface area contributed by atoms with Crippen LogP contribution in [-0.4, -0.2) is 66.9 Å². The number of halogens is 1. The number of hydrogen-bond donors (Lipinski definition) is 0. The molecule has 6 heteroatoms. The topological polar surface area (TPSA) is 26.8 Å². The molecular formula is C22H30ClN3OS. The van der Waals surface area contributed by atoms with Gasteiger partial charge < -0.3 is 9.80 Å². The lowest BCUT2D eigenvalue weighted by molar-refractivity contribution is -0.133. The standard InChI is InChI=1S/C22H30ClN3OS/c1-24-11-13-26(14-12-24)21(27)9-8-17-5-4-10-25(15-17)16-20-22(23)18-6-2-3-7-19(18)28-20/h2-3,6-7,17H,4-5,8-16H2,1H3/t17-/m1/s1. The summed E-state index contributed by atoms with van der Waals surface area (Å²) in [5.41, 5.74) is 0. The maximum atomic E-state index is 12.5. The van der Waals surface area contributed by atoms with E-state index in [2.05, 4.69) is 46.0 Å². The average Bonchev–Trinajstić information content (AvgIpc) is 3.03. The van der Waals surface area contributed by atoms with Crippen molar-refractivity contribution >= 4 is 38.9 Å².